The molecule has 1 aromatic rings. The van der Waals surface area contributed by atoms with Gasteiger partial charge in [-0.1, -0.05) is 27.7 Å². The molecule has 92 valence electrons. The zero-order chi connectivity index (χ0) is 12.2. The van der Waals surface area contributed by atoms with E-state index in [0.717, 1.165) is 25.2 Å². The Labute approximate surface area is 98.2 Å². The Balaban J connectivity index is 2.81. The van der Waals surface area contributed by atoms with Crippen LogP contribution in [-0.4, -0.2) is 21.3 Å². The molecule has 0 aromatic carbocycles. The van der Waals surface area contributed by atoms with E-state index < -0.39 is 0 Å². The highest BCUT2D eigenvalue weighted by molar-refractivity contribution is 4.94. The maximum Gasteiger partial charge on any atom is 0.138 e. The van der Waals surface area contributed by atoms with Crippen LogP contribution in [0.4, 0.5) is 0 Å². The van der Waals surface area contributed by atoms with Gasteiger partial charge in [0.25, 0.3) is 0 Å². The van der Waals surface area contributed by atoms with Crippen molar-refractivity contribution in [2.24, 2.45) is 17.1 Å². The minimum Gasteiger partial charge on any atom is -0.330 e. The highest BCUT2D eigenvalue weighted by atomic mass is 15.3. The monoisotopic (exact) mass is 224 g/mol. The van der Waals surface area contributed by atoms with Gasteiger partial charge in [0.1, 0.15) is 12.2 Å². The molecule has 0 saturated heterocycles. The average molecular weight is 224 g/mol. The molecule has 0 aliphatic rings. The largest absolute Gasteiger partial charge is 0.330 e. The number of aromatic nitrogens is 3. The molecule has 0 saturated carbocycles. The van der Waals surface area contributed by atoms with E-state index in [1.54, 1.807) is 6.33 Å². The Bertz CT molecular complexity index is 319. The van der Waals surface area contributed by atoms with Crippen molar-refractivity contribution in [3.63, 3.8) is 0 Å². The lowest BCUT2D eigenvalue weighted by atomic mass is 9.76. The number of rotatable bonds is 6. The van der Waals surface area contributed by atoms with E-state index in [1.807, 2.05) is 4.68 Å². The lowest BCUT2D eigenvalue weighted by Gasteiger charge is -2.32. The first kappa shape index (κ1) is 13.2. The molecule has 0 aliphatic heterocycles. The van der Waals surface area contributed by atoms with Gasteiger partial charge in [-0.3, -0.25) is 4.68 Å². The standard InChI is InChI=1S/C12H24N4/c1-5-6-16-11(14-9-15-16)7-12(4,8-13)10(2)3/h9-10H,5-8,13H2,1-4H3. The molecule has 1 heterocycles. The molecule has 1 rings (SSSR count). The fraction of sp³-hybridized carbons (Fsp3) is 0.833. The van der Waals surface area contributed by atoms with Crippen LogP contribution in [0.15, 0.2) is 6.33 Å². The van der Waals surface area contributed by atoms with Gasteiger partial charge in [0.15, 0.2) is 0 Å². The smallest absolute Gasteiger partial charge is 0.138 e. The highest BCUT2D eigenvalue weighted by Gasteiger charge is 2.28. The van der Waals surface area contributed by atoms with E-state index in [9.17, 15) is 0 Å². The first-order valence-electron chi connectivity index (χ1n) is 6.10. The molecule has 2 N–H and O–H groups in total. The summed E-state index contributed by atoms with van der Waals surface area (Å²) in [5.41, 5.74) is 6.00. The molecule has 1 aromatic heterocycles. The van der Waals surface area contributed by atoms with Crippen LogP contribution in [-0.2, 0) is 13.0 Å². The lowest BCUT2D eigenvalue weighted by molar-refractivity contribution is 0.219. The van der Waals surface area contributed by atoms with Crippen LogP contribution in [0.2, 0.25) is 0 Å². The van der Waals surface area contributed by atoms with Crippen molar-refractivity contribution in [3.8, 4) is 0 Å². The normalized spacial score (nSPS) is 15.4. The third-order valence-corrected chi connectivity index (χ3v) is 3.55. The Kier molecular flexibility index (Phi) is 4.47. The van der Waals surface area contributed by atoms with Crippen LogP contribution < -0.4 is 5.73 Å². The van der Waals surface area contributed by atoms with Crippen LogP contribution in [0, 0.1) is 11.3 Å². The summed E-state index contributed by atoms with van der Waals surface area (Å²) in [5.74, 6) is 1.60. The number of aryl methyl sites for hydroxylation is 1. The van der Waals surface area contributed by atoms with E-state index >= 15 is 0 Å². The minimum atomic E-state index is 0.110. The fourth-order valence-electron chi connectivity index (χ4n) is 1.70. The van der Waals surface area contributed by atoms with Crippen molar-refractivity contribution in [1.29, 1.82) is 0 Å². The maximum absolute atomic E-state index is 5.89. The van der Waals surface area contributed by atoms with Crippen molar-refractivity contribution in [2.45, 2.75) is 47.1 Å². The number of hydrogen-bond acceptors (Lipinski definition) is 3. The Morgan fingerprint density at radius 1 is 1.50 bits per heavy atom. The summed E-state index contributed by atoms with van der Waals surface area (Å²) in [6, 6.07) is 0. The quantitative estimate of drug-likeness (QED) is 0.802. The summed E-state index contributed by atoms with van der Waals surface area (Å²) in [6.45, 7) is 10.4. The van der Waals surface area contributed by atoms with Gasteiger partial charge < -0.3 is 5.73 Å². The fourth-order valence-corrected chi connectivity index (χ4v) is 1.70. The van der Waals surface area contributed by atoms with Crippen LogP contribution >= 0.6 is 0 Å². The van der Waals surface area contributed by atoms with E-state index in [1.165, 1.54) is 0 Å². The molecule has 1 atom stereocenters. The lowest BCUT2D eigenvalue weighted by Crippen LogP contribution is -2.35. The molecule has 4 heteroatoms. The maximum atomic E-state index is 5.89. The summed E-state index contributed by atoms with van der Waals surface area (Å²) in [6.07, 6.45) is 3.63. The van der Waals surface area contributed by atoms with E-state index in [2.05, 4.69) is 37.8 Å². The molecule has 0 bridgehead atoms. The van der Waals surface area contributed by atoms with Crippen molar-refractivity contribution in [1.82, 2.24) is 14.8 Å². The second kappa shape index (κ2) is 5.43. The molecule has 16 heavy (non-hydrogen) atoms. The molecular weight excluding hydrogens is 200 g/mol. The van der Waals surface area contributed by atoms with E-state index in [-0.39, 0.29) is 5.41 Å². The van der Waals surface area contributed by atoms with Crippen molar-refractivity contribution >= 4 is 0 Å². The van der Waals surface area contributed by atoms with Crippen LogP contribution in [0.25, 0.3) is 0 Å². The van der Waals surface area contributed by atoms with Gasteiger partial charge in [-0.15, -0.1) is 0 Å². The van der Waals surface area contributed by atoms with Crippen LogP contribution in [0.1, 0.15) is 39.9 Å². The van der Waals surface area contributed by atoms with Gasteiger partial charge in [-0.2, -0.15) is 5.10 Å². The summed E-state index contributed by atoms with van der Waals surface area (Å²) in [7, 11) is 0. The summed E-state index contributed by atoms with van der Waals surface area (Å²) >= 11 is 0. The Morgan fingerprint density at radius 3 is 2.69 bits per heavy atom. The van der Waals surface area contributed by atoms with Gasteiger partial charge in [0.05, 0.1) is 0 Å². The first-order valence-corrected chi connectivity index (χ1v) is 6.10. The molecule has 0 spiro atoms. The van der Waals surface area contributed by atoms with Gasteiger partial charge in [0.2, 0.25) is 0 Å². The molecule has 0 aliphatic carbocycles. The van der Waals surface area contributed by atoms with Gasteiger partial charge in [-0.25, -0.2) is 4.98 Å². The summed E-state index contributed by atoms with van der Waals surface area (Å²) < 4.78 is 2.00. The molecule has 4 nitrogen and oxygen atoms in total. The molecular formula is C12H24N4. The average Bonchev–Trinajstić information content (AvgIpc) is 2.66. The topological polar surface area (TPSA) is 56.7 Å². The zero-order valence-corrected chi connectivity index (χ0v) is 10.9. The molecule has 0 amide bonds. The highest BCUT2D eigenvalue weighted by Crippen LogP contribution is 2.29. The predicted molar refractivity (Wildman–Crippen MR) is 66.0 cm³/mol. The van der Waals surface area contributed by atoms with Crippen molar-refractivity contribution in [2.75, 3.05) is 6.54 Å². The Hall–Kier alpha value is -0.900. The predicted octanol–water partition coefficient (Wildman–Crippen LogP) is 1.85. The summed E-state index contributed by atoms with van der Waals surface area (Å²) in [5, 5.41) is 4.25. The summed E-state index contributed by atoms with van der Waals surface area (Å²) in [4.78, 5) is 4.35. The molecule has 0 radical (unpaired) electrons. The Morgan fingerprint density at radius 2 is 2.19 bits per heavy atom. The van der Waals surface area contributed by atoms with Crippen molar-refractivity contribution in [3.05, 3.63) is 12.2 Å². The molecule has 1 unspecified atom stereocenters. The number of nitrogens with two attached hydrogens (primary N) is 1. The van der Waals surface area contributed by atoms with Crippen molar-refractivity contribution < 1.29 is 0 Å². The van der Waals surface area contributed by atoms with E-state index in [4.69, 9.17) is 5.73 Å². The van der Waals surface area contributed by atoms with Crippen LogP contribution in [0.5, 0.6) is 0 Å². The second-order valence-corrected chi connectivity index (χ2v) is 5.09. The van der Waals surface area contributed by atoms with Gasteiger partial charge in [-0.05, 0) is 24.3 Å². The number of hydrogen-bond donors (Lipinski definition) is 1. The minimum absolute atomic E-state index is 0.110. The van der Waals surface area contributed by atoms with Gasteiger partial charge >= 0.3 is 0 Å². The zero-order valence-electron chi connectivity index (χ0n) is 10.9. The molecule has 0 fully saturated rings. The van der Waals surface area contributed by atoms with Crippen LogP contribution in [0.3, 0.4) is 0 Å². The second-order valence-electron chi connectivity index (χ2n) is 5.09. The first-order chi connectivity index (χ1) is 7.53. The third-order valence-electron chi connectivity index (χ3n) is 3.55. The van der Waals surface area contributed by atoms with Gasteiger partial charge in [0, 0.05) is 13.0 Å². The SMILES string of the molecule is CCCn1ncnc1CC(C)(CN)C(C)C. The third kappa shape index (κ3) is 2.82. The number of nitrogens with zero attached hydrogens (tertiary/aromatic N) is 3. The van der Waals surface area contributed by atoms with E-state index in [0.29, 0.717) is 12.5 Å².